The van der Waals surface area contributed by atoms with Gasteiger partial charge in [0.1, 0.15) is 0 Å². The molecule has 0 aliphatic heterocycles. The van der Waals surface area contributed by atoms with Crippen molar-refractivity contribution in [3.63, 3.8) is 0 Å². The van der Waals surface area contributed by atoms with Gasteiger partial charge in [-0.3, -0.25) is 4.79 Å². The van der Waals surface area contributed by atoms with E-state index in [-0.39, 0.29) is 18.1 Å². The van der Waals surface area contributed by atoms with Gasteiger partial charge in [-0.1, -0.05) is 29.3 Å². The molecule has 2 rings (SSSR count). The largest absolute Gasteiger partial charge is 0.325 e. The van der Waals surface area contributed by atoms with Gasteiger partial charge in [-0.2, -0.15) is 0 Å². The SMILES string of the molecule is O=C(CNCCc1ccc(Cl)cc1Cl)Nc1ccc(F)c(F)c1. The molecule has 3 nitrogen and oxygen atoms in total. The molecule has 122 valence electrons. The van der Waals surface area contributed by atoms with Crippen LogP contribution in [0.1, 0.15) is 5.56 Å². The van der Waals surface area contributed by atoms with Crippen LogP contribution >= 0.6 is 23.2 Å². The van der Waals surface area contributed by atoms with Gasteiger partial charge in [0, 0.05) is 21.8 Å². The average Bonchev–Trinajstić information content (AvgIpc) is 2.49. The smallest absolute Gasteiger partial charge is 0.238 e. The molecule has 7 heteroatoms. The number of carbonyl (C=O) groups is 1. The van der Waals surface area contributed by atoms with E-state index in [0.29, 0.717) is 23.0 Å². The van der Waals surface area contributed by atoms with Gasteiger partial charge in [0.25, 0.3) is 0 Å². The summed E-state index contributed by atoms with van der Waals surface area (Å²) in [4.78, 5) is 11.7. The minimum Gasteiger partial charge on any atom is -0.325 e. The number of benzene rings is 2. The molecule has 0 aromatic heterocycles. The topological polar surface area (TPSA) is 41.1 Å². The summed E-state index contributed by atoms with van der Waals surface area (Å²) < 4.78 is 25.8. The van der Waals surface area contributed by atoms with Crippen molar-refractivity contribution >= 4 is 34.8 Å². The number of halogens is 4. The fraction of sp³-hybridized carbons (Fsp3) is 0.188. The van der Waals surface area contributed by atoms with Crippen LogP contribution < -0.4 is 10.6 Å². The summed E-state index contributed by atoms with van der Waals surface area (Å²) in [5.41, 5.74) is 1.13. The third kappa shape index (κ3) is 5.46. The number of hydrogen-bond donors (Lipinski definition) is 2. The summed E-state index contributed by atoms with van der Waals surface area (Å²) in [6.45, 7) is 0.580. The van der Waals surface area contributed by atoms with Crippen molar-refractivity contribution in [3.8, 4) is 0 Å². The molecule has 0 radical (unpaired) electrons. The standard InChI is InChI=1S/C16H14Cl2F2N2O/c17-11-2-1-10(13(18)7-11)5-6-21-9-16(23)22-12-3-4-14(19)15(20)8-12/h1-4,7-8,21H,5-6,9H2,(H,22,23). The molecule has 23 heavy (non-hydrogen) atoms. The fourth-order valence-electron chi connectivity index (χ4n) is 1.93. The monoisotopic (exact) mass is 358 g/mol. The van der Waals surface area contributed by atoms with Crippen molar-refractivity contribution in [2.75, 3.05) is 18.4 Å². The summed E-state index contributed by atoms with van der Waals surface area (Å²) in [6.07, 6.45) is 0.633. The van der Waals surface area contributed by atoms with Crippen LogP contribution in [0.5, 0.6) is 0 Å². The van der Waals surface area contributed by atoms with Gasteiger partial charge in [0.2, 0.25) is 5.91 Å². The Bertz CT molecular complexity index is 710. The van der Waals surface area contributed by atoms with E-state index in [0.717, 1.165) is 17.7 Å². The van der Waals surface area contributed by atoms with Crippen LogP contribution in [0.15, 0.2) is 36.4 Å². The molecule has 0 saturated carbocycles. The minimum absolute atomic E-state index is 0.0458. The Balaban J connectivity index is 1.75. The molecule has 0 aliphatic rings. The highest BCUT2D eigenvalue weighted by Crippen LogP contribution is 2.21. The number of anilines is 1. The van der Waals surface area contributed by atoms with E-state index in [2.05, 4.69) is 10.6 Å². The average molecular weight is 359 g/mol. The quantitative estimate of drug-likeness (QED) is 0.765. The van der Waals surface area contributed by atoms with Crippen LogP contribution in [0, 0.1) is 11.6 Å². The van der Waals surface area contributed by atoms with Crippen molar-refractivity contribution in [2.45, 2.75) is 6.42 Å². The third-order valence-electron chi connectivity index (χ3n) is 3.08. The molecule has 1 amide bonds. The van der Waals surface area contributed by atoms with E-state index in [9.17, 15) is 13.6 Å². The van der Waals surface area contributed by atoms with Crippen LogP contribution in [0.2, 0.25) is 10.0 Å². The number of carbonyl (C=O) groups excluding carboxylic acids is 1. The van der Waals surface area contributed by atoms with Crippen LogP contribution in [-0.2, 0) is 11.2 Å². The zero-order valence-electron chi connectivity index (χ0n) is 12.0. The molecule has 0 aliphatic carbocycles. The highest BCUT2D eigenvalue weighted by molar-refractivity contribution is 6.35. The molecule has 0 unspecified atom stereocenters. The van der Waals surface area contributed by atoms with E-state index in [1.807, 2.05) is 6.07 Å². The maximum atomic E-state index is 13.0. The first kappa shape index (κ1) is 17.7. The first-order valence-corrected chi connectivity index (χ1v) is 7.61. The zero-order valence-corrected chi connectivity index (χ0v) is 13.5. The van der Waals surface area contributed by atoms with E-state index < -0.39 is 11.6 Å². The number of nitrogens with one attached hydrogen (secondary N) is 2. The second-order valence-corrected chi connectivity index (χ2v) is 5.68. The molecule has 0 saturated heterocycles. The summed E-state index contributed by atoms with van der Waals surface area (Å²) in [5, 5.41) is 6.57. The number of amides is 1. The van der Waals surface area contributed by atoms with Crippen molar-refractivity contribution in [3.05, 3.63) is 63.6 Å². The summed E-state index contributed by atoms with van der Waals surface area (Å²) in [7, 11) is 0. The first-order chi connectivity index (χ1) is 11.0. The van der Waals surface area contributed by atoms with Gasteiger partial charge >= 0.3 is 0 Å². The Morgan fingerprint density at radius 1 is 1.04 bits per heavy atom. The third-order valence-corrected chi connectivity index (χ3v) is 3.66. The van der Waals surface area contributed by atoms with Gasteiger partial charge in [-0.05, 0) is 42.8 Å². The highest BCUT2D eigenvalue weighted by atomic mass is 35.5. The lowest BCUT2D eigenvalue weighted by molar-refractivity contribution is -0.115. The van der Waals surface area contributed by atoms with E-state index in [1.54, 1.807) is 12.1 Å². The van der Waals surface area contributed by atoms with Crippen LogP contribution in [0.25, 0.3) is 0 Å². The van der Waals surface area contributed by atoms with Gasteiger partial charge in [-0.25, -0.2) is 8.78 Å². The lowest BCUT2D eigenvalue weighted by atomic mass is 10.1. The molecule has 0 bridgehead atoms. The summed E-state index contributed by atoms with van der Waals surface area (Å²) in [6, 6.07) is 8.42. The Hall–Kier alpha value is -1.69. The molecule has 0 spiro atoms. The van der Waals surface area contributed by atoms with Crippen molar-refractivity contribution in [1.82, 2.24) is 5.32 Å². The Labute approximate surface area is 142 Å². The number of rotatable bonds is 6. The maximum absolute atomic E-state index is 13.0. The van der Waals surface area contributed by atoms with Crippen molar-refractivity contribution in [1.29, 1.82) is 0 Å². The highest BCUT2D eigenvalue weighted by Gasteiger charge is 2.06. The number of hydrogen-bond acceptors (Lipinski definition) is 2. The molecule has 2 aromatic carbocycles. The maximum Gasteiger partial charge on any atom is 0.238 e. The molecule has 2 aromatic rings. The second-order valence-electron chi connectivity index (χ2n) is 4.84. The van der Waals surface area contributed by atoms with Gasteiger partial charge in [-0.15, -0.1) is 0 Å². The minimum atomic E-state index is -1.01. The second kappa shape index (κ2) is 8.24. The fourth-order valence-corrected chi connectivity index (χ4v) is 2.43. The molecular weight excluding hydrogens is 345 g/mol. The van der Waals surface area contributed by atoms with E-state index in [1.165, 1.54) is 6.07 Å². The molecule has 0 fully saturated rings. The molecule has 2 N–H and O–H groups in total. The van der Waals surface area contributed by atoms with Crippen molar-refractivity contribution < 1.29 is 13.6 Å². The Morgan fingerprint density at radius 3 is 2.52 bits per heavy atom. The van der Waals surface area contributed by atoms with Gasteiger partial charge < -0.3 is 10.6 Å². The predicted molar refractivity (Wildman–Crippen MR) is 88.0 cm³/mol. The van der Waals surface area contributed by atoms with Crippen LogP contribution in [0.3, 0.4) is 0 Å². The summed E-state index contributed by atoms with van der Waals surface area (Å²) in [5.74, 6) is -2.31. The van der Waals surface area contributed by atoms with E-state index in [4.69, 9.17) is 23.2 Å². The van der Waals surface area contributed by atoms with E-state index >= 15 is 0 Å². The van der Waals surface area contributed by atoms with Crippen LogP contribution in [-0.4, -0.2) is 19.0 Å². The summed E-state index contributed by atoms with van der Waals surface area (Å²) >= 11 is 11.9. The van der Waals surface area contributed by atoms with Gasteiger partial charge in [0.15, 0.2) is 11.6 Å². The Kier molecular flexibility index (Phi) is 6.33. The van der Waals surface area contributed by atoms with Crippen LogP contribution in [0.4, 0.5) is 14.5 Å². The van der Waals surface area contributed by atoms with Crippen molar-refractivity contribution in [2.24, 2.45) is 0 Å². The molecular formula is C16H14Cl2F2N2O. The lowest BCUT2D eigenvalue weighted by Crippen LogP contribution is -2.29. The molecule has 0 atom stereocenters. The normalized spacial score (nSPS) is 10.6. The predicted octanol–water partition coefficient (Wildman–Crippen LogP) is 4.04. The van der Waals surface area contributed by atoms with Gasteiger partial charge in [0.05, 0.1) is 6.54 Å². The first-order valence-electron chi connectivity index (χ1n) is 6.85. The Morgan fingerprint density at radius 2 is 1.83 bits per heavy atom. The molecule has 0 heterocycles. The lowest BCUT2D eigenvalue weighted by Gasteiger charge is -2.08. The zero-order chi connectivity index (χ0) is 16.8.